The van der Waals surface area contributed by atoms with E-state index in [0.29, 0.717) is 6.42 Å². The van der Waals surface area contributed by atoms with Crippen LogP contribution in [0.4, 0.5) is 4.79 Å². The number of ether oxygens (including phenoxy) is 1. The second-order valence-electron chi connectivity index (χ2n) is 6.04. The Kier molecular flexibility index (Phi) is 5.80. The molecule has 1 saturated carbocycles. The highest BCUT2D eigenvalue weighted by molar-refractivity contribution is 5.76. The van der Waals surface area contributed by atoms with Gasteiger partial charge in [0.1, 0.15) is 0 Å². The zero-order chi connectivity index (χ0) is 15.3. The van der Waals surface area contributed by atoms with Crippen LogP contribution < -0.4 is 10.6 Å². The van der Waals surface area contributed by atoms with Crippen molar-refractivity contribution in [2.45, 2.75) is 64.6 Å². The number of carboxylic acid groups (broad SMARTS) is 1. The van der Waals surface area contributed by atoms with E-state index in [1.165, 1.54) is 0 Å². The van der Waals surface area contributed by atoms with E-state index in [0.717, 1.165) is 12.8 Å². The normalized spacial score (nSPS) is 25.4. The van der Waals surface area contributed by atoms with Crippen molar-refractivity contribution >= 4 is 12.0 Å². The van der Waals surface area contributed by atoms with Crippen LogP contribution in [0.1, 0.15) is 46.5 Å². The zero-order valence-electron chi connectivity index (χ0n) is 12.7. The van der Waals surface area contributed by atoms with E-state index in [1.807, 2.05) is 6.92 Å². The van der Waals surface area contributed by atoms with Crippen molar-refractivity contribution in [1.82, 2.24) is 10.6 Å². The van der Waals surface area contributed by atoms with Gasteiger partial charge in [0.15, 0.2) is 0 Å². The topological polar surface area (TPSA) is 87.7 Å². The first-order chi connectivity index (χ1) is 9.31. The number of hydrogen-bond donors (Lipinski definition) is 3. The third-order valence-electron chi connectivity index (χ3n) is 4.16. The number of carboxylic acids is 1. The summed E-state index contributed by atoms with van der Waals surface area (Å²) in [5.74, 6) is -0.896. The number of aliphatic carboxylic acids is 1. The van der Waals surface area contributed by atoms with Gasteiger partial charge in [0, 0.05) is 24.6 Å². The lowest BCUT2D eigenvalue weighted by molar-refractivity contribution is -0.137. The molecule has 0 aromatic heterocycles. The second-order valence-corrected chi connectivity index (χ2v) is 6.04. The van der Waals surface area contributed by atoms with Gasteiger partial charge in [0.25, 0.3) is 0 Å². The van der Waals surface area contributed by atoms with E-state index < -0.39 is 5.97 Å². The van der Waals surface area contributed by atoms with Gasteiger partial charge < -0.3 is 20.5 Å². The Morgan fingerprint density at radius 1 is 1.45 bits per heavy atom. The molecule has 116 valence electrons. The van der Waals surface area contributed by atoms with E-state index >= 15 is 0 Å². The molecule has 1 aliphatic rings. The molecule has 1 aliphatic carbocycles. The Labute approximate surface area is 120 Å². The Bertz CT molecular complexity index is 357. The molecule has 1 fully saturated rings. The molecule has 2 amide bonds. The fraction of sp³-hybridized carbons (Fsp3) is 0.857. The van der Waals surface area contributed by atoms with Crippen LogP contribution in [0, 0.1) is 5.41 Å². The van der Waals surface area contributed by atoms with Crippen LogP contribution in [0.3, 0.4) is 0 Å². The summed E-state index contributed by atoms with van der Waals surface area (Å²) in [7, 11) is 1.67. The summed E-state index contributed by atoms with van der Waals surface area (Å²) in [5.41, 5.74) is -0.0981. The molecule has 0 radical (unpaired) electrons. The summed E-state index contributed by atoms with van der Waals surface area (Å²) < 4.78 is 5.34. The predicted molar refractivity (Wildman–Crippen MR) is 75.6 cm³/mol. The summed E-state index contributed by atoms with van der Waals surface area (Å²) >= 11 is 0. The van der Waals surface area contributed by atoms with Crippen LogP contribution in [-0.4, -0.2) is 42.4 Å². The lowest BCUT2D eigenvalue weighted by Crippen LogP contribution is -2.63. The number of nitrogens with one attached hydrogen (secondary N) is 2. The summed E-state index contributed by atoms with van der Waals surface area (Å²) in [6, 6.07) is -0.559. The van der Waals surface area contributed by atoms with Crippen LogP contribution in [0.25, 0.3) is 0 Å². The number of amides is 2. The molecule has 0 saturated heterocycles. The monoisotopic (exact) mass is 286 g/mol. The van der Waals surface area contributed by atoms with Crippen molar-refractivity contribution in [2.24, 2.45) is 5.41 Å². The lowest BCUT2D eigenvalue weighted by atomic mass is 9.64. The second kappa shape index (κ2) is 6.92. The fourth-order valence-corrected chi connectivity index (χ4v) is 2.70. The van der Waals surface area contributed by atoms with Crippen molar-refractivity contribution in [3.63, 3.8) is 0 Å². The minimum absolute atomic E-state index is 0.0456. The Hall–Kier alpha value is -1.30. The minimum atomic E-state index is -0.896. The highest BCUT2D eigenvalue weighted by Gasteiger charge is 2.49. The Balaban J connectivity index is 2.44. The largest absolute Gasteiger partial charge is 0.481 e. The first-order valence-electron chi connectivity index (χ1n) is 7.12. The number of methoxy groups -OCH3 is 1. The van der Waals surface area contributed by atoms with Gasteiger partial charge >= 0.3 is 12.0 Å². The predicted octanol–water partition coefficient (Wildman–Crippen LogP) is 1.74. The fourth-order valence-electron chi connectivity index (χ4n) is 2.70. The lowest BCUT2D eigenvalue weighted by Gasteiger charge is -2.51. The smallest absolute Gasteiger partial charge is 0.315 e. The average molecular weight is 286 g/mol. The van der Waals surface area contributed by atoms with Crippen molar-refractivity contribution in [3.8, 4) is 0 Å². The van der Waals surface area contributed by atoms with E-state index in [9.17, 15) is 9.59 Å². The van der Waals surface area contributed by atoms with Gasteiger partial charge in [-0.1, -0.05) is 27.2 Å². The molecule has 3 unspecified atom stereocenters. The van der Waals surface area contributed by atoms with Crippen LogP contribution in [-0.2, 0) is 9.53 Å². The molecule has 0 aromatic rings. The van der Waals surface area contributed by atoms with E-state index in [-0.39, 0.29) is 36.1 Å². The molecular weight excluding hydrogens is 260 g/mol. The molecule has 0 spiro atoms. The number of carbonyl (C=O) groups excluding carboxylic acids is 1. The van der Waals surface area contributed by atoms with Gasteiger partial charge in [-0.25, -0.2) is 4.79 Å². The maximum absolute atomic E-state index is 11.9. The van der Waals surface area contributed by atoms with Crippen molar-refractivity contribution in [3.05, 3.63) is 0 Å². The van der Waals surface area contributed by atoms with Crippen LogP contribution in [0.15, 0.2) is 0 Å². The number of urea groups is 1. The highest BCUT2D eigenvalue weighted by Crippen LogP contribution is 2.42. The quantitative estimate of drug-likeness (QED) is 0.665. The van der Waals surface area contributed by atoms with Gasteiger partial charge in [-0.15, -0.1) is 0 Å². The van der Waals surface area contributed by atoms with Crippen LogP contribution in [0.5, 0.6) is 0 Å². The van der Waals surface area contributed by atoms with Crippen LogP contribution in [0.2, 0.25) is 0 Å². The summed E-state index contributed by atoms with van der Waals surface area (Å²) in [6.07, 6.45) is 2.38. The zero-order valence-corrected chi connectivity index (χ0v) is 12.7. The molecule has 3 N–H and O–H groups in total. The number of hydrogen-bond acceptors (Lipinski definition) is 3. The molecule has 0 bridgehead atoms. The maximum Gasteiger partial charge on any atom is 0.315 e. The van der Waals surface area contributed by atoms with Gasteiger partial charge in [-0.2, -0.15) is 0 Å². The third-order valence-corrected chi connectivity index (χ3v) is 4.16. The third kappa shape index (κ3) is 4.10. The molecule has 6 nitrogen and oxygen atoms in total. The minimum Gasteiger partial charge on any atom is -0.481 e. The molecule has 1 rings (SSSR count). The van der Waals surface area contributed by atoms with E-state index in [2.05, 4.69) is 24.5 Å². The SMILES string of the molecule is CCCC(CC(=O)O)NC(=O)NC1CC(OC)C1(C)C. The maximum atomic E-state index is 11.9. The molecular formula is C14H26N2O4. The number of rotatable bonds is 7. The number of carbonyl (C=O) groups is 2. The van der Waals surface area contributed by atoms with Crippen LogP contribution >= 0.6 is 0 Å². The molecule has 0 aromatic carbocycles. The molecule has 20 heavy (non-hydrogen) atoms. The van der Waals surface area contributed by atoms with Gasteiger partial charge in [-0.3, -0.25) is 4.79 Å². The van der Waals surface area contributed by atoms with Crippen molar-refractivity contribution in [1.29, 1.82) is 0 Å². The highest BCUT2D eigenvalue weighted by atomic mass is 16.5. The van der Waals surface area contributed by atoms with Gasteiger partial charge in [0.05, 0.1) is 12.5 Å². The molecule has 0 aliphatic heterocycles. The molecule has 0 heterocycles. The summed E-state index contributed by atoms with van der Waals surface area (Å²) in [6.45, 7) is 6.07. The Morgan fingerprint density at radius 3 is 2.55 bits per heavy atom. The summed E-state index contributed by atoms with van der Waals surface area (Å²) in [4.78, 5) is 22.7. The van der Waals surface area contributed by atoms with Crippen molar-refractivity contribution < 1.29 is 19.4 Å². The average Bonchev–Trinajstić information content (AvgIpc) is 2.33. The molecule has 3 atom stereocenters. The Morgan fingerprint density at radius 2 is 2.10 bits per heavy atom. The first kappa shape index (κ1) is 16.8. The van der Waals surface area contributed by atoms with E-state index in [4.69, 9.17) is 9.84 Å². The van der Waals surface area contributed by atoms with Crippen molar-refractivity contribution in [2.75, 3.05) is 7.11 Å². The first-order valence-corrected chi connectivity index (χ1v) is 7.12. The van der Waals surface area contributed by atoms with Gasteiger partial charge in [0.2, 0.25) is 0 Å². The van der Waals surface area contributed by atoms with E-state index in [1.54, 1.807) is 7.11 Å². The standard InChI is InChI=1S/C14H26N2O4/c1-5-6-9(7-12(17)18)15-13(19)16-10-8-11(20-4)14(10,2)3/h9-11H,5-8H2,1-4H3,(H,17,18)(H2,15,16,19). The van der Waals surface area contributed by atoms with Gasteiger partial charge in [-0.05, 0) is 12.8 Å². The summed E-state index contributed by atoms with van der Waals surface area (Å²) in [5, 5.41) is 14.5. The molecule has 6 heteroatoms.